The molecule has 1 N–H and O–H groups in total. The van der Waals surface area contributed by atoms with Crippen LogP contribution in [0.4, 0.5) is 0 Å². The molecule has 1 heterocycles. The Morgan fingerprint density at radius 2 is 1.35 bits per heavy atom. The van der Waals surface area contributed by atoms with Crippen molar-refractivity contribution < 1.29 is 0 Å². The fourth-order valence-electron chi connectivity index (χ4n) is 3.60. The standard InChI is InChI=1S/C6H8N.3C4H9.Sn/c1-6-4-2-3-5-7-6;3*1-3-4-2;/h2-5,7H,1H3;3*1,3-4H2,2H3;. The van der Waals surface area contributed by atoms with Gasteiger partial charge in [0.2, 0.25) is 0 Å². The van der Waals surface area contributed by atoms with Crippen molar-refractivity contribution in [3.8, 4) is 0 Å². The Balaban J connectivity index is 2.98. The van der Waals surface area contributed by atoms with Crippen LogP contribution < -0.4 is 5.32 Å². The first-order chi connectivity index (χ1) is 9.64. The Hall–Kier alpha value is 0.0787. The van der Waals surface area contributed by atoms with Crippen LogP contribution in [0.3, 0.4) is 0 Å². The van der Waals surface area contributed by atoms with Gasteiger partial charge in [-0.05, 0) is 0 Å². The average molecular weight is 384 g/mol. The molecule has 0 bridgehead atoms. The van der Waals surface area contributed by atoms with Gasteiger partial charge in [-0.15, -0.1) is 0 Å². The van der Waals surface area contributed by atoms with Crippen molar-refractivity contribution in [2.75, 3.05) is 0 Å². The van der Waals surface area contributed by atoms with Gasteiger partial charge >= 0.3 is 131 Å². The van der Waals surface area contributed by atoms with Crippen LogP contribution in [-0.2, 0) is 0 Å². The molecule has 1 nitrogen and oxygen atoms in total. The summed E-state index contributed by atoms with van der Waals surface area (Å²) in [4.78, 5) is 0. The molecule has 0 fully saturated rings. The molecular weight excluding hydrogens is 349 g/mol. The number of dihydropyridines is 1. The first-order valence-corrected chi connectivity index (χ1v) is 16.2. The van der Waals surface area contributed by atoms with E-state index in [1.165, 1.54) is 38.5 Å². The zero-order chi connectivity index (χ0) is 14.9. The Morgan fingerprint density at radius 1 is 0.850 bits per heavy atom. The molecule has 20 heavy (non-hydrogen) atoms. The van der Waals surface area contributed by atoms with Crippen molar-refractivity contribution in [1.29, 1.82) is 0 Å². The van der Waals surface area contributed by atoms with Crippen molar-refractivity contribution in [1.82, 2.24) is 5.32 Å². The van der Waals surface area contributed by atoms with Gasteiger partial charge in [-0.3, -0.25) is 0 Å². The second kappa shape index (κ2) is 9.17. The van der Waals surface area contributed by atoms with Gasteiger partial charge in [-0.1, -0.05) is 0 Å². The minimum atomic E-state index is -2.22. The van der Waals surface area contributed by atoms with Crippen LogP contribution in [0.2, 0.25) is 13.3 Å². The Morgan fingerprint density at radius 3 is 1.70 bits per heavy atom. The van der Waals surface area contributed by atoms with E-state index in [0.717, 1.165) is 0 Å². The molecule has 0 aliphatic carbocycles. The van der Waals surface area contributed by atoms with E-state index < -0.39 is 18.4 Å². The molecule has 1 atom stereocenters. The molecule has 2 heteroatoms. The van der Waals surface area contributed by atoms with Crippen LogP contribution in [0, 0.1) is 0 Å². The maximum absolute atomic E-state index is 3.79. The fraction of sp³-hybridized carbons (Fsp3) is 0.778. The molecule has 0 aromatic carbocycles. The van der Waals surface area contributed by atoms with Crippen LogP contribution in [0.15, 0.2) is 24.4 Å². The van der Waals surface area contributed by atoms with E-state index in [4.69, 9.17) is 0 Å². The number of hydrogen-bond donors (Lipinski definition) is 1. The molecule has 1 aliphatic rings. The molecule has 116 valence electrons. The van der Waals surface area contributed by atoms with E-state index >= 15 is 0 Å². The van der Waals surface area contributed by atoms with Gasteiger partial charge < -0.3 is 0 Å². The molecule has 0 radical (unpaired) electrons. The molecule has 1 unspecified atom stereocenters. The van der Waals surface area contributed by atoms with Gasteiger partial charge in [0.1, 0.15) is 0 Å². The number of rotatable bonds is 10. The second-order valence-corrected chi connectivity index (χ2v) is 21.2. The van der Waals surface area contributed by atoms with Crippen LogP contribution in [0.25, 0.3) is 0 Å². The topological polar surface area (TPSA) is 12.0 Å². The first-order valence-electron chi connectivity index (χ1n) is 8.76. The van der Waals surface area contributed by atoms with E-state index in [1.807, 2.05) is 0 Å². The molecule has 1 aliphatic heterocycles. The van der Waals surface area contributed by atoms with Gasteiger partial charge in [0, 0.05) is 0 Å². The van der Waals surface area contributed by atoms with Crippen molar-refractivity contribution in [3.63, 3.8) is 0 Å². The summed E-state index contributed by atoms with van der Waals surface area (Å²) >= 11 is -2.22. The SMILES string of the molecule is CCC[CH2][Sn]([CH2]CCC)([CH2]CCC)[C]1(C)C=CC=CN1. The number of allylic oxidation sites excluding steroid dienone is 2. The van der Waals surface area contributed by atoms with E-state index in [2.05, 4.69) is 57.4 Å². The Labute approximate surface area is 131 Å². The zero-order valence-corrected chi connectivity index (χ0v) is 17.0. The summed E-state index contributed by atoms with van der Waals surface area (Å²) in [6, 6.07) is 0. The van der Waals surface area contributed by atoms with E-state index in [-0.39, 0.29) is 0 Å². The van der Waals surface area contributed by atoms with Gasteiger partial charge in [-0.25, -0.2) is 0 Å². The Kier molecular flexibility index (Phi) is 8.31. The van der Waals surface area contributed by atoms with E-state index in [0.29, 0.717) is 3.55 Å². The average Bonchev–Trinajstić information content (AvgIpc) is 2.47. The molecule has 0 amide bonds. The maximum atomic E-state index is 3.79. The van der Waals surface area contributed by atoms with Crippen LogP contribution in [0.1, 0.15) is 66.2 Å². The van der Waals surface area contributed by atoms with Crippen LogP contribution in [-0.4, -0.2) is 21.9 Å². The summed E-state index contributed by atoms with van der Waals surface area (Å²) in [6.07, 6.45) is 17.5. The number of hydrogen-bond acceptors (Lipinski definition) is 1. The molecule has 0 saturated heterocycles. The van der Waals surface area contributed by atoms with E-state index in [1.54, 1.807) is 13.3 Å². The van der Waals surface area contributed by atoms with Gasteiger partial charge in [0.25, 0.3) is 0 Å². The molecular formula is C18H35NSn. The molecule has 1 rings (SSSR count). The second-order valence-electron chi connectivity index (χ2n) is 6.66. The fourth-order valence-corrected chi connectivity index (χ4v) is 21.4. The number of unbranched alkanes of at least 4 members (excludes halogenated alkanes) is 3. The predicted octanol–water partition coefficient (Wildman–Crippen LogP) is 5.81. The third kappa shape index (κ3) is 4.54. The molecule has 0 aromatic rings. The molecule has 0 saturated carbocycles. The quantitative estimate of drug-likeness (QED) is 0.469. The summed E-state index contributed by atoms with van der Waals surface area (Å²) in [5, 5.41) is 3.79. The summed E-state index contributed by atoms with van der Waals surface area (Å²) in [7, 11) is 0. The number of nitrogens with one attached hydrogen (secondary N) is 1. The normalized spacial score (nSPS) is 22.0. The predicted molar refractivity (Wildman–Crippen MR) is 94.7 cm³/mol. The van der Waals surface area contributed by atoms with Crippen molar-refractivity contribution in [2.45, 2.75) is 83.1 Å². The third-order valence-corrected chi connectivity index (χ3v) is 23.5. The van der Waals surface area contributed by atoms with Gasteiger partial charge in [0.05, 0.1) is 0 Å². The van der Waals surface area contributed by atoms with Crippen molar-refractivity contribution >= 4 is 18.4 Å². The van der Waals surface area contributed by atoms with Crippen molar-refractivity contribution in [2.24, 2.45) is 0 Å². The van der Waals surface area contributed by atoms with Crippen LogP contribution >= 0.6 is 0 Å². The zero-order valence-electron chi connectivity index (χ0n) is 14.2. The summed E-state index contributed by atoms with van der Waals surface area (Å²) in [6.45, 7) is 9.55. The summed E-state index contributed by atoms with van der Waals surface area (Å²) in [5.41, 5.74) is 0. The first kappa shape index (κ1) is 18.1. The third-order valence-electron chi connectivity index (χ3n) is 5.15. The monoisotopic (exact) mass is 385 g/mol. The minimum absolute atomic E-state index is 0.336. The molecule has 0 aromatic heterocycles. The summed E-state index contributed by atoms with van der Waals surface area (Å²) < 4.78 is 5.02. The van der Waals surface area contributed by atoms with Gasteiger partial charge in [0.15, 0.2) is 0 Å². The van der Waals surface area contributed by atoms with Gasteiger partial charge in [-0.2, -0.15) is 0 Å². The van der Waals surface area contributed by atoms with E-state index in [9.17, 15) is 0 Å². The van der Waals surface area contributed by atoms with Crippen LogP contribution in [0.5, 0.6) is 0 Å². The van der Waals surface area contributed by atoms with Crippen molar-refractivity contribution in [3.05, 3.63) is 24.4 Å². The Bertz CT molecular complexity index is 300. The molecule has 0 spiro atoms. The summed E-state index contributed by atoms with van der Waals surface area (Å²) in [5.74, 6) is 0.